The molecule has 11 rings (SSSR count). The maximum Gasteiger partial charge on any atom is 0.319 e. The first kappa shape index (κ1) is 55.0. The van der Waals surface area contributed by atoms with E-state index in [1.165, 1.54) is 18.6 Å². The van der Waals surface area contributed by atoms with E-state index in [1.54, 1.807) is 35.2 Å². The van der Waals surface area contributed by atoms with Gasteiger partial charge in [-0.25, -0.2) is 19.0 Å². The molecular formula is C61H71FN13O6+. The molecule has 2 aliphatic carbocycles. The maximum absolute atomic E-state index is 16.1. The minimum Gasteiger partial charge on any atom is -0.486 e. The molecule has 422 valence electrons. The number of hydrogen-bond donors (Lipinski definition) is 5. The van der Waals surface area contributed by atoms with Crippen molar-refractivity contribution in [2.75, 3.05) is 44.9 Å². The zero-order valence-electron chi connectivity index (χ0n) is 46.5. The van der Waals surface area contributed by atoms with Crippen molar-refractivity contribution in [3.05, 3.63) is 131 Å². The second-order valence-electron chi connectivity index (χ2n) is 22.3. The Morgan fingerprint density at radius 2 is 1.85 bits per heavy atom. The topological polar surface area (TPSA) is 246 Å². The van der Waals surface area contributed by atoms with Gasteiger partial charge >= 0.3 is 6.01 Å². The van der Waals surface area contributed by atoms with Crippen molar-refractivity contribution in [3.8, 4) is 34.1 Å². The number of carbonyl (C=O) groups excluding carboxylic acids is 2. The lowest BCUT2D eigenvalue weighted by Crippen LogP contribution is -2.50. The van der Waals surface area contributed by atoms with E-state index in [2.05, 4.69) is 48.5 Å². The van der Waals surface area contributed by atoms with Gasteiger partial charge in [0.1, 0.15) is 60.9 Å². The van der Waals surface area contributed by atoms with Crippen molar-refractivity contribution in [1.82, 2.24) is 50.5 Å². The molecule has 2 bridgehead atoms. The molecule has 8 atom stereocenters. The number of piperazine rings is 1. The Morgan fingerprint density at radius 1 is 1.07 bits per heavy atom. The highest BCUT2D eigenvalue weighted by molar-refractivity contribution is 6.03. The first-order chi connectivity index (χ1) is 39.3. The fourth-order valence-electron chi connectivity index (χ4n) is 12.1. The minimum atomic E-state index is -1.37. The number of nitrogens with one attached hydrogen (secondary N) is 2. The third kappa shape index (κ3) is 10.9. The van der Waals surface area contributed by atoms with Crippen LogP contribution in [-0.4, -0.2) is 133 Å². The summed E-state index contributed by atoms with van der Waals surface area (Å²) in [5.74, 6) is 0.00560. The summed E-state index contributed by atoms with van der Waals surface area (Å²) >= 11 is 0. The van der Waals surface area contributed by atoms with Crippen LogP contribution in [-0.2, 0) is 20.9 Å². The number of aromatic nitrogens is 7. The molecule has 0 radical (unpaired) electrons. The maximum atomic E-state index is 16.1. The number of amides is 2. The second kappa shape index (κ2) is 23.3. The molecule has 3 saturated heterocycles. The Hall–Kier alpha value is -7.94. The SMILES string of the molecule is C=C[C@@H](COc1nc(N2C[C@@H]3C[C@H]2CN3)c2cc(C3CC3)c(C3=C(C=[NH2+])C(N)=CC(F)C3C)c(OCc3ccc(-c4cn([C@H](C(=O)N5CCC[C@H]5C(=O)N[C@@H](CO)c5ccc(-c6cncnc6C)cc5)C(C)C)nn4)cc3)c2n1)OC. The molecule has 2 amide bonds. The number of nitrogens with zero attached hydrogens (tertiary/aromatic N) is 9. The summed E-state index contributed by atoms with van der Waals surface area (Å²) in [5, 5.41) is 33.3. The van der Waals surface area contributed by atoms with Crippen molar-refractivity contribution in [2.24, 2.45) is 17.6 Å². The van der Waals surface area contributed by atoms with Crippen LogP contribution in [0.3, 0.4) is 0 Å². The van der Waals surface area contributed by atoms with Crippen LogP contribution >= 0.6 is 0 Å². The van der Waals surface area contributed by atoms with Crippen LogP contribution in [0.15, 0.2) is 103 Å². The number of ether oxygens (including phenoxy) is 3. The number of aliphatic hydroxyl groups is 1. The molecule has 3 aromatic carbocycles. The van der Waals surface area contributed by atoms with Gasteiger partial charge in [-0.3, -0.25) is 15.0 Å². The Kier molecular flexibility index (Phi) is 15.8. The number of rotatable bonds is 21. The molecule has 19 nitrogen and oxygen atoms in total. The number of benzene rings is 3. The van der Waals surface area contributed by atoms with Crippen molar-refractivity contribution >= 4 is 40.3 Å². The van der Waals surface area contributed by atoms with Gasteiger partial charge in [0, 0.05) is 84.4 Å². The third-order valence-corrected chi connectivity index (χ3v) is 16.7. The minimum absolute atomic E-state index is 0.108. The summed E-state index contributed by atoms with van der Waals surface area (Å²) in [6, 6.07) is 16.1. The predicted octanol–water partition coefficient (Wildman–Crippen LogP) is 5.69. The van der Waals surface area contributed by atoms with Gasteiger partial charge in [-0.05, 0) is 90.8 Å². The highest BCUT2D eigenvalue weighted by atomic mass is 19.1. The second-order valence-corrected chi connectivity index (χ2v) is 22.3. The highest BCUT2D eigenvalue weighted by Gasteiger charge is 2.43. The van der Waals surface area contributed by atoms with Crippen molar-refractivity contribution in [3.63, 3.8) is 0 Å². The summed E-state index contributed by atoms with van der Waals surface area (Å²) in [6.45, 7) is 13.5. The molecule has 1 saturated carbocycles. The summed E-state index contributed by atoms with van der Waals surface area (Å²) in [5.41, 5.74) is 15.8. The zero-order valence-corrected chi connectivity index (χ0v) is 46.5. The van der Waals surface area contributed by atoms with E-state index in [4.69, 9.17) is 35.3 Å². The van der Waals surface area contributed by atoms with Gasteiger partial charge in [-0.1, -0.05) is 80.6 Å². The lowest BCUT2D eigenvalue weighted by Gasteiger charge is -2.32. The smallest absolute Gasteiger partial charge is 0.319 e. The molecule has 81 heavy (non-hydrogen) atoms. The first-order valence-electron chi connectivity index (χ1n) is 28.1. The summed E-state index contributed by atoms with van der Waals surface area (Å²) in [4.78, 5) is 51.2. The van der Waals surface area contributed by atoms with E-state index in [0.29, 0.717) is 53.5 Å². The van der Waals surface area contributed by atoms with Gasteiger partial charge in [-0.15, -0.1) is 11.7 Å². The number of likely N-dealkylation sites (tertiary alicyclic amines) is 1. The number of carbonyl (C=O) groups is 2. The van der Waals surface area contributed by atoms with Gasteiger partial charge in [0.15, 0.2) is 12.0 Å². The summed E-state index contributed by atoms with van der Waals surface area (Å²) < 4.78 is 36.7. The van der Waals surface area contributed by atoms with E-state index in [1.807, 2.05) is 76.2 Å². The Balaban J connectivity index is 0.863. The number of aryl methyl sites for hydroxylation is 1. The molecule has 3 aliphatic heterocycles. The van der Waals surface area contributed by atoms with Gasteiger partial charge < -0.3 is 45.5 Å². The zero-order chi connectivity index (χ0) is 56.6. The molecule has 7 N–H and O–H groups in total. The molecule has 6 aromatic rings. The van der Waals surface area contributed by atoms with Gasteiger partial charge in [0.25, 0.3) is 0 Å². The van der Waals surface area contributed by atoms with Crippen LogP contribution in [0.25, 0.3) is 38.9 Å². The number of alkyl halides is 1. The normalized spacial score (nSPS) is 21.8. The predicted molar refractivity (Wildman–Crippen MR) is 305 cm³/mol. The van der Waals surface area contributed by atoms with Crippen LogP contribution in [0.1, 0.15) is 98.8 Å². The molecule has 6 heterocycles. The number of aliphatic hydroxyl groups excluding tert-OH is 1. The van der Waals surface area contributed by atoms with Crippen LogP contribution in [0.2, 0.25) is 0 Å². The van der Waals surface area contributed by atoms with E-state index in [0.717, 1.165) is 88.2 Å². The Labute approximate surface area is 470 Å². The molecule has 5 aliphatic rings. The number of hydrogen-bond acceptors (Lipinski definition) is 15. The molecule has 4 fully saturated rings. The molecule has 20 heteroatoms. The monoisotopic (exact) mass is 1100 g/mol. The van der Waals surface area contributed by atoms with E-state index >= 15 is 4.39 Å². The van der Waals surface area contributed by atoms with Crippen molar-refractivity contribution in [2.45, 2.75) is 115 Å². The number of methoxy groups -OCH3 is 1. The third-order valence-electron chi connectivity index (χ3n) is 16.7. The average Bonchev–Trinajstić information content (AvgIpc) is 3.98. The van der Waals surface area contributed by atoms with Crippen LogP contribution in [0.4, 0.5) is 10.2 Å². The number of nitrogens with two attached hydrogens (primary N) is 2. The fraction of sp³-hybridized carbons (Fsp3) is 0.426. The summed E-state index contributed by atoms with van der Waals surface area (Å²) in [6.07, 6.45) is 11.8. The fourth-order valence-corrected chi connectivity index (χ4v) is 12.1. The average molecular weight is 1100 g/mol. The van der Waals surface area contributed by atoms with Crippen LogP contribution in [0.5, 0.6) is 11.8 Å². The van der Waals surface area contributed by atoms with E-state index < -0.39 is 36.3 Å². The largest absolute Gasteiger partial charge is 0.486 e. The summed E-state index contributed by atoms with van der Waals surface area (Å²) in [7, 11) is 1.59. The van der Waals surface area contributed by atoms with Crippen molar-refractivity contribution < 1.29 is 38.7 Å². The quantitative estimate of drug-likeness (QED) is 0.0429. The van der Waals surface area contributed by atoms with Crippen LogP contribution in [0, 0.1) is 18.8 Å². The lowest BCUT2D eigenvalue weighted by molar-refractivity contribution is -0.142. The number of allylic oxidation sites excluding steroid dienone is 3. The number of anilines is 1. The first-order valence-corrected chi connectivity index (χ1v) is 28.1. The highest BCUT2D eigenvalue weighted by Crippen LogP contribution is 2.53. The molecule has 3 aromatic heterocycles. The lowest BCUT2D eigenvalue weighted by atomic mass is 9.78. The van der Waals surface area contributed by atoms with Gasteiger partial charge in [0.2, 0.25) is 11.8 Å². The number of fused-ring (bicyclic) bond motifs is 3. The van der Waals surface area contributed by atoms with Gasteiger partial charge in [0.05, 0.1) is 24.4 Å². The van der Waals surface area contributed by atoms with Gasteiger partial charge in [-0.2, -0.15) is 9.97 Å². The Morgan fingerprint density at radius 3 is 2.52 bits per heavy atom. The molecular weight excluding hydrogens is 1030 g/mol. The van der Waals surface area contributed by atoms with Crippen molar-refractivity contribution in [1.29, 1.82) is 0 Å². The standard InChI is InChI=1S/C61H70FN13O6/c1-7-43(79-6)31-81-61-69-55-45(58(70-61)74-27-41-21-42(74)25-66-41)22-44(37-14-15-37)54(53-34(4)48(62)23-49(64)46(53)24-63)57(55)80-30-36-10-12-39(13-11-36)50-28-75(72-71-50)56(33(2)3)60(78)73-20-8-9-52(73)59(77)68-51(29-76)40-18-16-38(17-19-40)47-26-65-32-67-35(47)5/h7,10-13,16-19,22-24,26,28,32-34,37,41-43,48,51-52,56,63,66,76H,1,8-9,14-15,20-21,25,27,29-31,64H2,2-6H3,(H,68,77)/p+1/t34?,41-,42-,43-,48?,51-,52-,56-/m0/s1. The molecule has 2 unspecified atom stereocenters. The Bertz CT molecular complexity index is 3420. The van der Waals surface area contributed by atoms with E-state index in [9.17, 15) is 14.7 Å². The van der Waals surface area contributed by atoms with Crippen LogP contribution < -0.4 is 36.2 Å². The van der Waals surface area contributed by atoms with E-state index in [-0.39, 0.29) is 61.2 Å². The molecule has 0 spiro atoms. The number of halogens is 1.